The van der Waals surface area contributed by atoms with E-state index in [1.165, 1.54) is 12.8 Å². The lowest BCUT2D eigenvalue weighted by Gasteiger charge is -2.36. The second-order valence-corrected chi connectivity index (χ2v) is 5.50. The molecule has 1 aliphatic heterocycles. The van der Waals surface area contributed by atoms with Crippen molar-refractivity contribution in [3.05, 3.63) is 0 Å². The molecule has 2 aliphatic rings. The summed E-state index contributed by atoms with van der Waals surface area (Å²) in [6, 6.07) is 0. The van der Waals surface area contributed by atoms with Gasteiger partial charge in [0.15, 0.2) is 0 Å². The van der Waals surface area contributed by atoms with Crippen molar-refractivity contribution in [2.45, 2.75) is 51.6 Å². The average Bonchev–Trinajstić information content (AvgIpc) is 2.77. The number of rotatable bonds is 2. The van der Waals surface area contributed by atoms with E-state index in [4.69, 9.17) is 4.74 Å². The summed E-state index contributed by atoms with van der Waals surface area (Å²) in [5, 5.41) is 0. The molecule has 2 rings (SSSR count). The number of amides is 1. The molecule has 0 aromatic heterocycles. The number of hydrogen-bond acceptors (Lipinski definition) is 2. The van der Waals surface area contributed by atoms with Gasteiger partial charge in [-0.2, -0.15) is 0 Å². The summed E-state index contributed by atoms with van der Waals surface area (Å²) in [7, 11) is 1.76. The van der Waals surface area contributed by atoms with Gasteiger partial charge in [0.25, 0.3) is 0 Å². The summed E-state index contributed by atoms with van der Waals surface area (Å²) < 4.78 is 5.33. The van der Waals surface area contributed by atoms with E-state index in [0.717, 1.165) is 38.8 Å². The number of carbonyl (C=O) groups is 1. The molecule has 92 valence electrons. The highest BCUT2D eigenvalue weighted by molar-refractivity contribution is 5.82. The summed E-state index contributed by atoms with van der Waals surface area (Å²) in [6.45, 7) is 3.91. The maximum atomic E-state index is 12.4. The molecule has 3 heteroatoms. The van der Waals surface area contributed by atoms with E-state index in [9.17, 15) is 4.79 Å². The van der Waals surface area contributed by atoms with E-state index in [1.807, 2.05) is 0 Å². The van der Waals surface area contributed by atoms with E-state index in [1.54, 1.807) is 7.11 Å². The Morgan fingerprint density at radius 2 is 1.81 bits per heavy atom. The minimum absolute atomic E-state index is 0.0556. The second kappa shape index (κ2) is 4.74. The number of nitrogens with zero attached hydrogens (tertiary/aromatic N) is 1. The van der Waals surface area contributed by atoms with Crippen LogP contribution in [0.5, 0.6) is 0 Å². The summed E-state index contributed by atoms with van der Waals surface area (Å²) in [6.07, 6.45) is 6.96. The van der Waals surface area contributed by atoms with Crippen molar-refractivity contribution in [3.8, 4) is 0 Å². The highest BCUT2D eigenvalue weighted by Crippen LogP contribution is 2.39. The number of hydrogen-bond donors (Lipinski definition) is 0. The third-order valence-electron chi connectivity index (χ3n) is 4.29. The third kappa shape index (κ3) is 2.24. The normalized spacial score (nSPS) is 26.0. The summed E-state index contributed by atoms with van der Waals surface area (Å²) >= 11 is 0. The molecule has 1 saturated heterocycles. The molecule has 0 aromatic carbocycles. The topological polar surface area (TPSA) is 29.5 Å². The second-order valence-electron chi connectivity index (χ2n) is 5.50. The van der Waals surface area contributed by atoms with Crippen LogP contribution in [0.3, 0.4) is 0 Å². The van der Waals surface area contributed by atoms with Gasteiger partial charge in [-0.1, -0.05) is 19.8 Å². The molecule has 1 aliphatic carbocycles. The Bertz CT molecular complexity index is 251. The minimum Gasteiger partial charge on any atom is -0.381 e. The van der Waals surface area contributed by atoms with Crippen molar-refractivity contribution in [1.29, 1.82) is 0 Å². The van der Waals surface area contributed by atoms with Crippen molar-refractivity contribution < 1.29 is 9.53 Å². The van der Waals surface area contributed by atoms with E-state index < -0.39 is 0 Å². The number of likely N-dealkylation sites (tertiary alicyclic amines) is 1. The number of carbonyl (C=O) groups excluding carboxylic acids is 1. The van der Waals surface area contributed by atoms with Gasteiger partial charge in [0.05, 0.1) is 6.10 Å². The Kier molecular flexibility index (Phi) is 3.53. The van der Waals surface area contributed by atoms with Crippen LogP contribution in [0, 0.1) is 5.41 Å². The van der Waals surface area contributed by atoms with Crippen molar-refractivity contribution in [2.24, 2.45) is 5.41 Å². The lowest BCUT2D eigenvalue weighted by molar-refractivity contribution is -0.143. The van der Waals surface area contributed by atoms with Crippen LogP contribution in [-0.4, -0.2) is 37.1 Å². The van der Waals surface area contributed by atoms with E-state index >= 15 is 0 Å². The average molecular weight is 225 g/mol. The monoisotopic (exact) mass is 225 g/mol. The standard InChI is InChI=1S/C13H23NO2/c1-13(7-3-4-8-13)12(15)14-9-5-11(16-2)6-10-14/h11H,3-10H2,1-2H3. The van der Waals surface area contributed by atoms with Gasteiger partial charge in [-0.25, -0.2) is 0 Å². The molecule has 1 saturated carbocycles. The van der Waals surface area contributed by atoms with Gasteiger partial charge in [0.1, 0.15) is 0 Å². The fraction of sp³-hybridized carbons (Fsp3) is 0.923. The highest BCUT2D eigenvalue weighted by atomic mass is 16.5. The molecule has 0 bridgehead atoms. The molecule has 16 heavy (non-hydrogen) atoms. The molecule has 2 fully saturated rings. The molecule has 1 amide bonds. The van der Waals surface area contributed by atoms with Crippen molar-refractivity contribution >= 4 is 5.91 Å². The maximum absolute atomic E-state index is 12.4. The fourth-order valence-electron chi connectivity index (χ4n) is 3.05. The van der Waals surface area contributed by atoms with Crippen LogP contribution < -0.4 is 0 Å². The Morgan fingerprint density at radius 3 is 2.31 bits per heavy atom. The highest BCUT2D eigenvalue weighted by Gasteiger charge is 2.39. The van der Waals surface area contributed by atoms with Crippen LogP contribution in [0.2, 0.25) is 0 Å². The first kappa shape index (κ1) is 11.9. The van der Waals surface area contributed by atoms with Crippen molar-refractivity contribution in [2.75, 3.05) is 20.2 Å². The smallest absolute Gasteiger partial charge is 0.228 e. The van der Waals surface area contributed by atoms with Gasteiger partial charge in [-0.15, -0.1) is 0 Å². The predicted octanol–water partition coefficient (Wildman–Crippen LogP) is 2.20. The van der Waals surface area contributed by atoms with Crippen LogP contribution in [0.4, 0.5) is 0 Å². The third-order valence-corrected chi connectivity index (χ3v) is 4.29. The zero-order valence-electron chi connectivity index (χ0n) is 10.5. The van der Waals surface area contributed by atoms with Gasteiger partial charge in [0, 0.05) is 25.6 Å². The van der Waals surface area contributed by atoms with Gasteiger partial charge in [-0.3, -0.25) is 4.79 Å². The molecule has 1 heterocycles. The lowest BCUT2D eigenvalue weighted by atomic mass is 9.86. The first-order chi connectivity index (χ1) is 7.65. The van der Waals surface area contributed by atoms with Crippen LogP contribution in [0.15, 0.2) is 0 Å². The van der Waals surface area contributed by atoms with Gasteiger partial charge in [-0.05, 0) is 25.7 Å². The van der Waals surface area contributed by atoms with Crippen LogP contribution >= 0.6 is 0 Å². The Morgan fingerprint density at radius 1 is 1.25 bits per heavy atom. The quantitative estimate of drug-likeness (QED) is 0.721. The summed E-state index contributed by atoms with van der Waals surface area (Å²) in [5.74, 6) is 0.388. The Balaban J connectivity index is 1.91. The molecular formula is C13H23NO2. The molecule has 0 spiro atoms. The van der Waals surface area contributed by atoms with E-state index in [-0.39, 0.29) is 5.41 Å². The Hall–Kier alpha value is -0.570. The first-order valence-electron chi connectivity index (χ1n) is 6.48. The van der Waals surface area contributed by atoms with E-state index in [0.29, 0.717) is 12.0 Å². The molecule has 0 atom stereocenters. The van der Waals surface area contributed by atoms with Gasteiger partial charge < -0.3 is 9.64 Å². The molecule has 0 radical (unpaired) electrons. The maximum Gasteiger partial charge on any atom is 0.228 e. The summed E-state index contributed by atoms with van der Waals surface area (Å²) in [4.78, 5) is 14.5. The molecular weight excluding hydrogens is 202 g/mol. The fourth-order valence-corrected chi connectivity index (χ4v) is 3.05. The minimum atomic E-state index is -0.0556. The zero-order chi connectivity index (χ0) is 11.6. The Labute approximate surface area is 98.1 Å². The number of ether oxygens (including phenoxy) is 1. The van der Waals surface area contributed by atoms with Crippen LogP contribution in [-0.2, 0) is 9.53 Å². The molecule has 3 nitrogen and oxygen atoms in total. The zero-order valence-corrected chi connectivity index (χ0v) is 10.5. The molecule has 0 N–H and O–H groups in total. The van der Waals surface area contributed by atoms with Gasteiger partial charge >= 0.3 is 0 Å². The molecule has 0 unspecified atom stereocenters. The van der Waals surface area contributed by atoms with Crippen LogP contribution in [0.25, 0.3) is 0 Å². The number of piperidine rings is 1. The van der Waals surface area contributed by atoms with Crippen molar-refractivity contribution in [1.82, 2.24) is 4.90 Å². The molecule has 0 aromatic rings. The van der Waals surface area contributed by atoms with Gasteiger partial charge in [0.2, 0.25) is 5.91 Å². The number of methoxy groups -OCH3 is 1. The lowest BCUT2D eigenvalue weighted by Crippen LogP contribution is -2.46. The SMILES string of the molecule is COC1CCN(C(=O)C2(C)CCCC2)CC1. The van der Waals surface area contributed by atoms with E-state index in [2.05, 4.69) is 11.8 Å². The van der Waals surface area contributed by atoms with Crippen molar-refractivity contribution in [3.63, 3.8) is 0 Å². The largest absolute Gasteiger partial charge is 0.381 e. The summed E-state index contributed by atoms with van der Waals surface area (Å²) in [5.41, 5.74) is -0.0556. The predicted molar refractivity (Wildman–Crippen MR) is 63.2 cm³/mol. The van der Waals surface area contributed by atoms with Crippen LogP contribution in [0.1, 0.15) is 45.4 Å². The first-order valence-corrected chi connectivity index (χ1v) is 6.48.